The van der Waals surface area contributed by atoms with Gasteiger partial charge in [-0.15, -0.1) is 0 Å². The Balaban J connectivity index is 2.23. The van der Waals surface area contributed by atoms with E-state index in [2.05, 4.69) is 0 Å². The number of hydrogen-bond donors (Lipinski definition) is 0. The van der Waals surface area contributed by atoms with Crippen LogP contribution in [0.25, 0.3) is 0 Å². The zero-order chi connectivity index (χ0) is 14.5. The minimum atomic E-state index is -0.0197. The molecule has 104 valence electrons. The lowest BCUT2D eigenvalue weighted by Gasteiger charge is -2.21. The topological polar surface area (TPSA) is 20.3 Å². The normalized spacial score (nSPS) is 10.3. The van der Waals surface area contributed by atoms with Crippen LogP contribution in [0.2, 0.25) is 10.0 Å². The highest BCUT2D eigenvalue weighted by atomic mass is 35.5. The van der Waals surface area contributed by atoms with Crippen LogP contribution in [0.15, 0.2) is 48.5 Å². The quantitative estimate of drug-likeness (QED) is 0.809. The lowest BCUT2D eigenvalue weighted by atomic mass is 10.1. The van der Waals surface area contributed by atoms with Gasteiger partial charge in [-0.2, -0.15) is 0 Å². The van der Waals surface area contributed by atoms with E-state index in [-0.39, 0.29) is 12.3 Å². The number of anilines is 1. The molecular weight excluding hydrogens is 293 g/mol. The van der Waals surface area contributed by atoms with Gasteiger partial charge < -0.3 is 4.90 Å². The highest BCUT2D eigenvalue weighted by Gasteiger charge is 2.17. The molecule has 0 heterocycles. The van der Waals surface area contributed by atoms with Crippen LogP contribution in [-0.2, 0) is 11.2 Å². The Labute approximate surface area is 128 Å². The zero-order valence-electron chi connectivity index (χ0n) is 11.1. The minimum absolute atomic E-state index is 0.0197. The van der Waals surface area contributed by atoms with Crippen LogP contribution < -0.4 is 4.90 Å². The van der Waals surface area contributed by atoms with E-state index in [1.807, 2.05) is 37.3 Å². The molecule has 0 aromatic heterocycles. The first-order valence-corrected chi connectivity index (χ1v) is 7.17. The van der Waals surface area contributed by atoms with Crippen molar-refractivity contribution >= 4 is 34.8 Å². The van der Waals surface area contributed by atoms with Crippen LogP contribution in [0, 0.1) is 0 Å². The molecule has 0 saturated heterocycles. The number of rotatable bonds is 4. The van der Waals surface area contributed by atoms with Crippen LogP contribution in [0.5, 0.6) is 0 Å². The van der Waals surface area contributed by atoms with Crippen molar-refractivity contribution in [2.24, 2.45) is 0 Å². The van der Waals surface area contributed by atoms with Gasteiger partial charge in [-0.1, -0.05) is 47.5 Å². The monoisotopic (exact) mass is 307 g/mol. The first-order chi connectivity index (χ1) is 9.63. The predicted octanol–water partition coefficient (Wildman–Crippen LogP) is 4.59. The number of para-hydroxylation sites is 1. The Morgan fingerprint density at radius 2 is 1.60 bits per heavy atom. The van der Waals surface area contributed by atoms with Gasteiger partial charge in [0.15, 0.2) is 0 Å². The first kappa shape index (κ1) is 14.9. The molecule has 0 aliphatic heterocycles. The molecule has 2 aromatic carbocycles. The van der Waals surface area contributed by atoms with E-state index in [1.165, 1.54) is 0 Å². The number of halogens is 2. The van der Waals surface area contributed by atoms with Crippen LogP contribution >= 0.6 is 23.2 Å². The van der Waals surface area contributed by atoms with Gasteiger partial charge in [0.25, 0.3) is 0 Å². The summed E-state index contributed by atoms with van der Waals surface area (Å²) in [6, 6.07) is 14.8. The Morgan fingerprint density at radius 1 is 1.00 bits per heavy atom. The number of nitrogens with zero attached hydrogens (tertiary/aromatic N) is 1. The zero-order valence-corrected chi connectivity index (χ0v) is 12.7. The van der Waals surface area contributed by atoms with Gasteiger partial charge >= 0.3 is 0 Å². The minimum Gasteiger partial charge on any atom is -0.312 e. The fraction of sp³-hybridized carbons (Fsp3) is 0.188. The molecule has 4 heteroatoms. The van der Waals surface area contributed by atoms with Crippen LogP contribution in [0.1, 0.15) is 12.5 Å². The van der Waals surface area contributed by atoms with Gasteiger partial charge in [0.2, 0.25) is 5.91 Å². The first-order valence-electron chi connectivity index (χ1n) is 6.41. The van der Waals surface area contributed by atoms with Gasteiger partial charge in [0.05, 0.1) is 6.42 Å². The molecule has 0 spiro atoms. The van der Waals surface area contributed by atoms with Crippen molar-refractivity contribution in [1.29, 1.82) is 0 Å². The van der Waals surface area contributed by atoms with E-state index >= 15 is 0 Å². The van der Waals surface area contributed by atoms with Gasteiger partial charge in [0, 0.05) is 22.3 Å². The van der Waals surface area contributed by atoms with Gasteiger partial charge in [-0.3, -0.25) is 4.79 Å². The second-order valence-corrected chi connectivity index (χ2v) is 5.16. The summed E-state index contributed by atoms with van der Waals surface area (Å²) in [6.45, 7) is 2.55. The van der Waals surface area contributed by atoms with E-state index < -0.39 is 0 Å². The Morgan fingerprint density at radius 3 is 2.15 bits per heavy atom. The highest BCUT2D eigenvalue weighted by molar-refractivity contribution is 6.36. The summed E-state index contributed by atoms with van der Waals surface area (Å²) in [4.78, 5) is 14.2. The van der Waals surface area contributed by atoms with Crippen LogP contribution in [0.3, 0.4) is 0 Å². The average Bonchev–Trinajstić information content (AvgIpc) is 2.45. The van der Waals surface area contributed by atoms with Crippen molar-refractivity contribution in [2.75, 3.05) is 11.4 Å². The number of hydrogen-bond acceptors (Lipinski definition) is 1. The largest absolute Gasteiger partial charge is 0.312 e. The highest BCUT2D eigenvalue weighted by Crippen LogP contribution is 2.26. The van der Waals surface area contributed by atoms with Gasteiger partial charge in [0.1, 0.15) is 0 Å². The summed E-state index contributed by atoms with van der Waals surface area (Å²) in [5.74, 6) is -0.0197. The molecule has 0 fully saturated rings. The Hall–Kier alpha value is -1.51. The predicted molar refractivity (Wildman–Crippen MR) is 84.6 cm³/mol. The fourth-order valence-corrected chi connectivity index (χ4v) is 2.59. The number of amides is 1. The molecule has 0 radical (unpaired) electrons. The standard InChI is InChI=1S/C16H15Cl2NO/c1-2-19(12-7-4-3-5-8-12)16(20)11-13-14(17)9-6-10-15(13)18/h3-10H,2,11H2,1H3. The Bertz CT molecular complexity index is 578. The molecule has 1 amide bonds. The molecule has 0 aliphatic carbocycles. The molecule has 0 bridgehead atoms. The van der Waals surface area contributed by atoms with E-state index in [0.29, 0.717) is 22.2 Å². The van der Waals surface area contributed by atoms with Crippen molar-refractivity contribution < 1.29 is 4.79 Å². The summed E-state index contributed by atoms with van der Waals surface area (Å²) in [7, 11) is 0. The molecule has 2 nitrogen and oxygen atoms in total. The van der Waals surface area contributed by atoms with Crippen molar-refractivity contribution in [3.8, 4) is 0 Å². The number of benzene rings is 2. The molecular formula is C16H15Cl2NO. The van der Waals surface area contributed by atoms with E-state index in [4.69, 9.17) is 23.2 Å². The third-order valence-corrected chi connectivity index (χ3v) is 3.78. The maximum absolute atomic E-state index is 12.5. The van der Waals surface area contributed by atoms with Crippen molar-refractivity contribution in [3.05, 3.63) is 64.1 Å². The van der Waals surface area contributed by atoms with Crippen molar-refractivity contribution in [2.45, 2.75) is 13.3 Å². The van der Waals surface area contributed by atoms with Crippen LogP contribution in [-0.4, -0.2) is 12.5 Å². The molecule has 2 rings (SSSR count). The van der Waals surface area contributed by atoms with Gasteiger partial charge in [-0.05, 0) is 36.8 Å². The summed E-state index contributed by atoms with van der Waals surface area (Å²) < 4.78 is 0. The third-order valence-electron chi connectivity index (χ3n) is 3.07. The molecule has 20 heavy (non-hydrogen) atoms. The fourth-order valence-electron chi connectivity index (χ4n) is 2.06. The molecule has 0 N–H and O–H groups in total. The molecule has 0 atom stereocenters. The lowest BCUT2D eigenvalue weighted by molar-refractivity contribution is -0.117. The van der Waals surface area contributed by atoms with E-state index in [0.717, 1.165) is 5.69 Å². The summed E-state index contributed by atoms with van der Waals surface area (Å²) in [5, 5.41) is 1.05. The average molecular weight is 308 g/mol. The number of carbonyl (C=O) groups is 1. The maximum atomic E-state index is 12.5. The van der Waals surface area contributed by atoms with Crippen LogP contribution in [0.4, 0.5) is 5.69 Å². The van der Waals surface area contributed by atoms with Crippen molar-refractivity contribution in [1.82, 2.24) is 0 Å². The molecule has 0 aliphatic rings. The van der Waals surface area contributed by atoms with Crippen molar-refractivity contribution in [3.63, 3.8) is 0 Å². The smallest absolute Gasteiger partial charge is 0.231 e. The second-order valence-electron chi connectivity index (χ2n) is 4.35. The lowest BCUT2D eigenvalue weighted by Crippen LogP contribution is -2.32. The van der Waals surface area contributed by atoms with E-state index in [9.17, 15) is 4.79 Å². The Kier molecular flexibility index (Phi) is 5.05. The SMILES string of the molecule is CCN(C(=O)Cc1c(Cl)cccc1Cl)c1ccccc1. The molecule has 2 aromatic rings. The molecule has 0 saturated carbocycles. The molecule has 0 unspecified atom stereocenters. The van der Waals surface area contributed by atoms with Gasteiger partial charge in [-0.25, -0.2) is 0 Å². The summed E-state index contributed by atoms with van der Waals surface area (Å²) in [5.41, 5.74) is 1.55. The maximum Gasteiger partial charge on any atom is 0.231 e. The number of likely N-dealkylation sites (N-methyl/N-ethyl adjacent to an activating group) is 1. The van der Waals surface area contributed by atoms with E-state index in [1.54, 1.807) is 23.1 Å². The second kappa shape index (κ2) is 6.78. The number of carbonyl (C=O) groups excluding carboxylic acids is 1. The summed E-state index contributed by atoms with van der Waals surface area (Å²) in [6.07, 6.45) is 0.196. The summed E-state index contributed by atoms with van der Waals surface area (Å²) >= 11 is 12.2. The third kappa shape index (κ3) is 3.33.